The Morgan fingerprint density at radius 2 is 2.00 bits per heavy atom. The van der Waals surface area contributed by atoms with Crippen LogP contribution < -0.4 is 15.8 Å². The van der Waals surface area contributed by atoms with E-state index in [1.54, 1.807) is 0 Å². The Balaban J connectivity index is 1.91. The van der Waals surface area contributed by atoms with Crippen molar-refractivity contribution in [1.82, 2.24) is 14.3 Å². The minimum absolute atomic E-state index is 0.00468. The van der Waals surface area contributed by atoms with Gasteiger partial charge in [0.05, 0.1) is 23.2 Å². The van der Waals surface area contributed by atoms with Crippen LogP contribution in [-0.4, -0.2) is 68.8 Å². The zero-order valence-corrected chi connectivity index (χ0v) is 18.6. The number of benzene rings is 1. The molecule has 13 nitrogen and oxygen atoms in total. The molecule has 1 aromatic heterocycles. The molecule has 0 saturated heterocycles. The van der Waals surface area contributed by atoms with E-state index in [1.165, 1.54) is 20.0 Å². The highest BCUT2D eigenvalue weighted by Gasteiger charge is 2.42. The predicted octanol–water partition coefficient (Wildman–Crippen LogP) is -0.706. The van der Waals surface area contributed by atoms with E-state index in [0.29, 0.717) is 0 Å². The third kappa shape index (κ3) is 5.28. The van der Waals surface area contributed by atoms with Crippen LogP contribution in [0.15, 0.2) is 29.5 Å². The Morgan fingerprint density at radius 3 is 2.55 bits per heavy atom. The van der Waals surface area contributed by atoms with Gasteiger partial charge in [0.15, 0.2) is 0 Å². The second kappa shape index (κ2) is 8.35. The second-order valence-corrected chi connectivity index (χ2v) is 9.56. The summed E-state index contributed by atoms with van der Waals surface area (Å²) in [6.45, 7) is 1.36. The number of nitrogens with two attached hydrogens (primary N) is 1. The molecule has 0 saturated carbocycles. The Kier molecular flexibility index (Phi) is 6.20. The summed E-state index contributed by atoms with van der Waals surface area (Å²) in [6, 6.07) is 2.26. The number of anilines is 1. The van der Waals surface area contributed by atoms with Gasteiger partial charge in [-0.2, -0.15) is 0 Å². The summed E-state index contributed by atoms with van der Waals surface area (Å²) in [6.07, 6.45) is -1.75. The van der Waals surface area contributed by atoms with Crippen LogP contribution in [-0.2, 0) is 15.6 Å². The first-order valence-corrected chi connectivity index (χ1v) is 10.9. The fraction of sp³-hybridized carbons (Fsp3) is 0.294. The molecule has 0 fully saturated rings. The molecule has 0 radical (unpaired) electrons. The molecule has 33 heavy (non-hydrogen) atoms. The van der Waals surface area contributed by atoms with Crippen LogP contribution in [0.3, 0.4) is 0 Å². The van der Waals surface area contributed by atoms with Gasteiger partial charge in [-0.1, -0.05) is 11.6 Å². The van der Waals surface area contributed by atoms with Crippen LogP contribution >= 0.6 is 11.6 Å². The van der Waals surface area contributed by atoms with Crippen molar-refractivity contribution < 1.29 is 37.7 Å². The molecular weight excluding hydrogens is 487 g/mol. The number of carbonyl (C=O) groups is 1. The molecular formula is C17H18ClFN6O7S. The second-order valence-electron chi connectivity index (χ2n) is 7.16. The van der Waals surface area contributed by atoms with Crippen LogP contribution in [0, 0.1) is 5.82 Å². The molecule has 0 bridgehead atoms. The van der Waals surface area contributed by atoms with Crippen LogP contribution in [0.1, 0.15) is 23.0 Å². The summed E-state index contributed by atoms with van der Waals surface area (Å²) < 4.78 is 44.7. The lowest BCUT2D eigenvalue weighted by molar-refractivity contribution is -0.420. The van der Waals surface area contributed by atoms with Crippen molar-refractivity contribution in [3.8, 4) is 5.88 Å². The molecule has 1 aromatic carbocycles. The van der Waals surface area contributed by atoms with Crippen molar-refractivity contribution in [2.75, 3.05) is 18.1 Å². The van der Waals surface area contributed by atoms with E-state index < -0.39 is 50.1 Å². The number of sulfonamides is 1. The van der Waals surface area contributed by atoms with E-state index in [2.05, 4.69) is 25.0 Å². The lowest BCUT2D eigenvalue weighted by Crippen LogP contribution is -2.50. The molecule has 1 amide bonds. The average molecular weight is 505 g/mol. The first kappa shape index (κ1) is 24.5. The van der Waals surface area contributed by atoms with Crippen molar-refractivity contribution in [3.05, 3.63) is 46.6 Å². The zero-order chi connectivity index (χ0) is 24.8. The standard InChI is InChI=1S/C17H18ClFN6O7S/c1-16(7-33(30,31)25(2)15(20)24-16)9-3-8(4-10(18)13(9)19)23-14(26)11-5-22-12(6-21-11)32-17(27,28)29/h3-6,27-29H,7H2,1-2H3,(H2,20,24)(H,23,26)/t16-/m0/s1. The molecule has 1 atom stereocenters. The van der Waals surface area contributed by atoms with Crippen LogP contribution in [0.5, 0.6) is 5.88 Å². The minimum atomic E-state index is -3.90. The molecule has 6 N–H and O–H groups in total. The highest BCUT2D eigenvalue weighted by Crippen LogP contribution is 2.37. The molecule has 16 heteroatoms. The maximum absolute atomic E-state index is 14.9. The summed E-state index contributed by atoms with van der Waals surface area (Å²) in [5.41, 5.74) is 3.58. The zero-order valence-electron chi connectivity index (χ0n) is 17.0. The molecule has 2 aromatic rings. The van der Waals surface area contributed by atoms with E-state index >= 15 is 0 Å². The Hall–Kier alpha value is -3.11. The lowest BCUT2D eigenvalue weighted by Gasteiger charge is -2.34. The molecule has 2 heterocycles. The molecule has 3 rings (SSSR count). The number of aliphatic imine (C=N–C) groups is 1. The Bertz CT molecular complexity index is 1240. The van der Waals surface area contributed by atoms with Crippen LogP contribution in [0.25, 0.3) is 0 Å². The van der Waals surface area contributed by atoms with Gasteiger partial charge in [-0.3, -0.25) is 4.79 Å². The summed E-state index contributed by atoms with van der Waals surface area (Å²) in [7, 11) is -2.68. The molecule has 1 aliphatic rings. The van der Waals surface area contributed by atoms with E-state index in [9.17, 15) is 17.6 Å². The van der Waals surface area contributed by atoms with Crippen molar-refractivity contribution in [3.63, 3.8) is 0 Å². The number of carbonyl (C=O) groups excluding carboxylic acids is 1. The first-order valence-electron chi connectivity index (χ1n) is 8.92. The number of nitrogens with zero attached hydrogens (tertiary/aromatic N) is 4. The highest BCUT2D eigenvalue weighted by molar-refractivity contribution is 7.89. The van der Waals surface area contributed by atoms with Gasteiger partial charge >= 0.3 is 6.16 Å². The fourth-order valence-corrected chi connectivity index (χ4v) is 4.63. The summed E-state index contributed by atoms with van der Waals surface area (Å²) >= 11 is 5.97. The monoisotopic (exact) mass is 504 g/mol. The number of hydrogen-bond acceptors (Lipinski definition) is 11. The van der Waals surface area contributed by atoms with Crippen molar-refractivity contribution in [1.29, 1.82) is 0 Å². The highest BCUT2D eigenvalue weighted by atomic mass is 35.5. The van der Waals surface area contributed by atoms with E-state index in [4.69, 9.17) is 32.7 Å². The number of guanidine groups is 1. The number of hydrogen-bond donors (Lipinski definition) is 5. The molecule has 0 spiro atoms. The van der Waals surface area contributed by atoms with Gasteiger partial charge in [-0.25, -0.2) is 32.1 Å². The van der Waals surface area contributed by atoms with Crippen LogP contribution in [0.4, 0.5) is 10.1 Å². The van der Waals surface area contributed by atoms with Gasteiger partial charge in [0.25, 0.3) is 5.91 Å². The predicted molar refractivity (Wildman–Crippen MR) is 112 cm³/mol. The first-order chi connectivity index (χ1) is 15.1. The molecule has 0 unspecified atom stereocenters. The largest absolute Gasteiger partial charge is 0.454 e. The topological polar surface area (TPSA) is 201 Å². The SMILES string of the molecule is CN1C(N)=N[C@](C)(c2cc(NC(=O)c3cnc(OC(O)(O)O)cn3)cc(Cl)c2F)CS1(=O)=O. The molecule has 178 valence electrons. The molecule has 0 aliphatic carbocycles. The maximum Gasteiger partial charge on any atom is 0.454 e. The number of halogens is 2. The van der Waals surface area contributed by atoms with Crippen molar-refractivity contribution in [2.24, 2.45) is 10.7 Å². The van der Waals surface area contributed by atoms with E-state index in [1.807, 2.05) is 0 Å². The quantitative estimate of drug-likeness (QED) is 0.324. The van der Waals surface area contributed by atoms with Crippen molar-refractivity contribution in [2.45, 2.75) is 18.6 Å². The van der Waals surface area contributed by atoms with Crippen molar-refractivity contribution >= 4 is 39.2 Å². The third-order valence-electron chi connectivity index (χ3n) is 4.53. The number of ether oxygens (including phenoxy) is 1. The summed E-state index contributed by atoms with van der Waals surface area (Å²) in [5, 5.41) is 28.3. The van der Waals surface area contributed by atoms with Gasteiger partial charge in [0.2, 0.25) is 21.9 Å². The van der Waals surface area contributed by atoms with E-state index in [0.717, 1.165) is 22.8 Å². The summed E-state index contributed by atoms with van der Waals surface area (Å²) in [5.74, 6) is -3.20. The number of amides is 1. The number of rotatable bonds is 5. The Morgan fingerprint density at radius 1 is 1.33 bits per heavy atom. The number of aromatic nitrogens is 2. The van der Waals surface area contributed by atoms with Crippen LogP contribution in [0.2, 0.25) is 5.02 Å². The fourth-order valence-electron chi connectivity index (χ4n) is 2.96. The maximum atomic E-state index is 14.9. The minimum Gasteiger partial charge on any atom is -0.397 e. The molecule has 1 aliphatic heterocycles. The van der Waals surface area contributed by atoms with E-state index in [-0.39, 0.29) is 22.9 Å². The van der Waals surface area contributed by atoms with Gasteiger partial charge < -0.3 is 31.1 Å². The van der Waals surface area contributed by atoms with Gasteiger partial charge in [-0.05, 0) is 19.1 Å². The normalized spacial score (nSPS) is 20.2. The average Bonchev–Trinajstić information content (AvgIpc) is 2.67. The third-order valence-corrected chi connectivity index (χ3v) is 6.76. The number of nitrogens with one attached hydrogen (secondary N) is 1. The summed E-state index contributed by atoms with van der Waals surface area (Å²) in [4.78, 5) is 23.9. The Labute approximate surface area is 191 Å². The van der Waals surface area contributed by atoms with Gasteiger partial charge in [-0.15, -0.1) is 0 Å². The number of aliphatic hydroxyl groups is 3. The van der Waals surface area contributed by atoms with Gasteiger partial charge in [0.1, 0.15) is 17.1 Å². The lowest BCUT2D eigenvalue weighted by atomic mass is 9.93. The smallest absolute Gasteiger partial charge is 0.397 e. The van der Waals surface area contributed by atoms with Gasteiger partial charge in [0, 0.05) is 18.3 Å².